The zero-order valence-electron chi connectivity index (χ0n) is 15.9. The maximum absolute atomic E-state index is 12.6. The summed E-state index contributed by atoms with van der Waals surface area (Å²) in [5.74, 6) is 0.375. The van der Waals surface area contributed by atoms with Crippen molar-refractivity contribution in [2.45, 2.75) is 33.3 Å². The minimum absolute atomic E-state index is 0.0236. The summed E-state index contributed by atoms with van der Waals surface area (Å²) in [6.45, 7) is 7.28. The summed E-state index contributed by atoms with van der Waals surface area (Å²) in [6, 6.07) is 6.76. The highest BCUT2D eigenvalue weighted by Crippen LogP contribution is 2.24. The number of carbonyl (C=O) groups is 2. The molecule has 144 valence electrons. The Labute approximate surface area is 157 Å². The number of nitrogens with zero attached hydrogens (tertiary/aromatic N) is 2. The van der Waals surface area contributed by atoms with E-state index in [0.717, 1.165) is 17.4 Å². The summed E-state index contributed by atoms with van der Waals surface area (Å²) >= 11 is 0. The summed E-state index contributed by atoms with van der Waals surface area (Å²) in [5, 5.41) is 0.865. The van der Waals surface area contributed by atoms with Gasteiger partial charge in [-0.25, -0.2) is 4.79 Å². The summed E-state index contributed by atoms with van der Waals surface area (Å²) in [6.07, 6.45) is 0.0519. The standard InChI is InChI=1S/C20H24N2O5/c1-4-15-11-19(24)27-18-12-16(5-6-17(15)18)26-13(2)20(25)22-9-7-21(8-10-22)14(3)23/h5-6,11-13H,4,7-10H2,1-3H3. The summed E-state index contributed by atoms with van der Waals surface area (Å²) in [4.78, 5) is 39.1. The van der Waals surface area contributed by atoms with Crippen molar-refractivity contribution in [1.82, 2.24) is 9.80 Å². The third kappa shape index (κ3) is 4.13. The van der Waals surface area contributed by atoms with Crippen molar-refractivity contribution in [2.24, 2.45) is 0 Å². The average Bonchev–Trinajstić information content (AvgIpc) is 2.66. The van der Waals surface area contributed by atoms with Crippen LogP contribution in [0.5, 0.6) is 5.75 Å². The Morgan fingerprint density at radius 2 is 1.81 bits per heavy atom. The van der Waals surface area contributed by atoms with Gasteiger partial charge >= 0.3 is 5.63 Å². The number of aryl methyl sites for hydroxylation is 1. The van der Waals surface area contributed by atoms with E-state index in [1.165, 1.54) is 13.0 Å². The first-order valence-electron chi connectivity index (χ1n) is 9.16. The first-order chi connectivity index (χ1) is 12.9. The molecule has 27 heavy (non-hydrogen) atoms. The van der Waals surface area contributed by atoms with Gasteiger partial charge in [-0.15, -0.1) is 0 Å². The normalized spacial score (nSPS) is 15.7. The van der Waals surface area contributed by atoms with Crippen LogP contribution in [0.15, 0.2) is 33.5 Å². The summed E-state index contributed by atoms with van der Waals surface area (Å²) < 4.78 is 11.1. The second-order valence-corrected chi connectivity index (χ2v) is 6.69. The Balaban J connectivity index is 1.70. The molecule has 2 aromatic rings. The van der Waals surface area contributed by atoms with Crippen molar-refractivity contribution in [3.05, 3.63) is 40.2 Å². The molecule has 3 rings (SSSR count). The Morgan fingerprint density at radius 1 is 1.15 bits per heavy atom. The van der Waals surface area contributed by atoms with Crippen molar-refractivity contribution in [2.75, 3.05) is 26.2 Å². The number of rotatable bonds is 4. The number of hydrogen-bond donors (Lipinski definition) is 0. The van der Waals surface area contributed by atoms with E-state index in [-0.39, 0.29) is 11.8 Å². The van der Waals surface area contributed by atoms with Gasteiger partial charge in [0.2, 0.25) is 5.91 Å². The number of ether oxygens (including phenoxy) is 1. The predicted molar refractivity (Wildman–Crippen MR) is 101 cm³/mol. The van der Waals surface area contributed by atoms with E-state index in [1.807, 2.05) is 13.0 Å². The van der Waals surface area contributed by atoms with Gasteiger partial charge in [-0.3, -0.25) is 9.59 Å². The van der Waals surface area contributed by atoms with Crippen LogP contribution in [0.1, 0.15) is 26.3 Å². The van der Waals surface area contributed by atoms with E-state index in [9.17, 15) is 14.4 Å². The molecule has 0 bridgehead atoms. The van der Waals surface area contributed by atoms with Gasteiger partial charge in [-0.05, 0) is 31.0 Å². The first kappa shape index (κ1) is 18.9. The monoisotopic (exact) mass is 372 g/mol. The van der Waals surface area contributed by atoms with Crippen LogP contribution in [-0.2, 0) is 16.0 Å². The quantitative estimate of drug-likeness (QED) is 0.765. The molecule has 1 unspecified atom stereocenters. The second kappa shape index (κ2) is 7.82. The molecule has 0 radical (unpaired) electrons. The Hall–Kier alpha value is -2.83. The number of fused-ring (bicyclic) bond motifs is 1. The average molecular weight is 372 g/mol. The molecule has 1 aliphatic heterocycles. The van der Waals surface area contributed by atoms with Crippen LogP contribution >= 0.6 is 0 Å². The Kier molecular flexibility index (Phi) is 5.48. The molecular weight excluding hydrogens is 348 g/mol. The predicted octanol–water partition coefficient (Wildman–Crippen LogP) is 1.81. The van der Waals surface area contributed by atoms with E-state index < -0.39 is 11.7 Å². The van der Waals surface area contributed by atoms with Gasteiger partial charge in [-0.1, -0.05) is 6.92 Å². The molecule has 1 fully saturated rings. The van der Waals surface area contributed by atoms with Crippen molar-refractivity contribution in [3.8, 4) is 5.75 Å². The Bertz CT molecular complexity index is 912. The number of benzene rings is 1. The maximum Gasteiger partial charge on any atom is 0.336 e. The minimum atomic E-state index is -0.674. The fraction of sp³-hybridized carbons (Fsp3) is 0.450. The van der Waals surface area contributed by atoms with E-state index in [4.69, 9.17) is 9.15 Å². The SMILES string of the molecule is CCc1cc(=O)oc2cc(OC(C)C(=O)N3CCN(C(C)=O)CC3)ccc12. The van der Waals surface area contributed by atoms with Gasteiger partial charge in [0, 0.05) is 50.6 Å². The van der Waals surface area contributed by atoms with Gasteiger partial charge in [0.1, 0.15) is 11.3 Å². The zero-order chi connectivity index (χ0) is 19.6. The number of hydrogen-bond acceptors (Lipinski definition) is 5. The lowest BCUT2D eigenvalue weighted by Gasteiger charge is -2.35. The fourth-order valence-electron chi connectivity index (χ4n) is 3.33. The van der Waals surface area contributed by atoms with Crippen LogP contribution in [0.25, 0.3) is 11.0 Å². The van der Waals surface area contributed by atoms with Crippen LogP contribution in [0.4, 0.5) is 0 Å². The van der Waals surface area contributed by atoms with Gasteiger partial charge in [0.05, 0.1) is 0 Å². The largest absolute Gasteiger partial charge is 0.481 e. The minimum Gasteiger partial charge on any atom is -0.481 e. The molecule has 1 atom stereocenters. The van der Waals surface area contributed by atoms with Crippen LogP contribution in [0.2, 0.25) is 0 Å². The fourth-order valence-corrected chi connectivity index (χ4v) is 3.33. The Morgan fingerprint density at radius 3 is 2.44 bits per heavy atom. The maximum atomic E-state index is 12.6. The smallest absolute Gasteiger partial charge is 0.336 e. The van der Waals surface area contributed by atoms with E-state index in [1.54, 1.807) is 28.9 Å². The first-order valence-corrected chi connectivity index (χ1v) is 9.16. The lowest BCUT2D eigenvalue weighted by Crippen LogP contribution is -2.52. The molecule has 0 spiro atoms. The van der Waals surface area contributed by atoms with Crippen molar-refractivity contribution in [1.29, 1.82) is 0 Å². The van der Waals surface area contributed by atoms with Crippen molar-refractivity contribution >= 4 is 22.8 Å². The molecule has 1 aliphatic rings. The number of piperazine rings is 1. The molecule has 1 aromatic heterocycles. The molecule has 0 saturated carbocycles. The van der Waals surface area contributed by atoms with Gasteiger partial charge < -0.3 is 19.0 Å². The third-order valence-corrected chi connectivity index (χ3v) is 4.88. The van der Waals surface area contributed by atoms with E-state index in [0.29, 0.717) is 37.5 Å². The molecule has 0 aliphatic carbocycles. The topological polar surface area (TPSA) is 80.1 Å². The van der Waals surface area contributed by atoms with Gasteiger partial charge in [0.15, 0.2) is 6.10 Å². The lowest BCUT2D eigenvalue weighted by atomic mass is 10.1. The summed E-state index contributed by atoms with van der Waals surface area (Å²) in [5.41, 5.74) is 0.968. The number of carbonyl (C=O) groups excluding carboxylic acids is 2. The highest BCUT2D eigenvalue weighted by atomic mass is 16.5. The molecule has 1 saturated heterocycles. The molecule has 2 heterocycles. The van der Waals surface area contributed by atoms with Gasteiger partial charge in [0.25, 0.3) is 5.91 Å². The second-order valence-electron chi connectivity index (χ2n) is 6.69. The highest BCUT2D eigenvalue weighted by Gasteiger charge is 2.26. The molecule has 0 N–H and O–H groups in total. The van der Waals surface area contributed by atoms with Gasteiger partial charge in [-0.2, -0.15) is 0 Å². The van der Waals surface area contributed by atoms with Crippen LogP contribution < -0.4 is 10.4 Å². The molecule has 7 nitrogen and oxygen atoms in total. The van der Waals surface area contributed by atoms with Crippen LogP contribution in [-0.4, -0.2) is 53.9 Å². The highest BCUT2D eigenvalue weighted by molar-refractivity contribution is 5.83. The molecular formula is C20H24N2O5. The van der Waals surface area contributed by atoms with Crippen LogP contribution in [0.3, 0.4) is 0 Å². The third-order valence-electron chi connectivity index (χ3n) is 4.88. The lowest BCUT2D eigenvalue weighted by molar-refractivity contribution is -0.143. The van der Waals surface area contributed by atoms with E-state index in [2.05, 4.69) is 0 Å². The molecule has 1 aromatic carbocycles. The number of amides is 2. The van der Waals surface area contributed by atoms with Crippen LogP contribution in [0, 0.1) is 0 Å². The van der Waals surface area contributed by atoms with Crippen molar-refractivity contribution < 1.29 is 18.7 Å². The van der Waals surface area contributed by atoms with E-state index >= 15 is 0 Å². The molecule has 7 heteroatoms. The van der Waals surface area contributed by atoms with Crippen molar-refractivity contribution in [3.63, 3.8) is 0 Å². The summed E-state index contributed by atoms with van der Waals surface area (Å²) in [7, 11) is 0. The molecule has 2 amide bonds. The zero-order valence-corrected chi connectivity index (χ0v) is 15.9.